The van der Waals surface area contributed by atoms with E-state index in [1.165, 1.54) is 23.5 Å². The second-order valence-electron chi connectivity index (χ2n) is 3.42. The van der Waals surface area contributed by atoms with Gasteiger partial charge in [-0.3, -0.25) is 0 Å². The van der Waals surface area contributed by atoms with Crippen LogP contribution in [0.4, 0.5) is 4.39 Å². The Bertz CT molecular complexity index is 510. The SMILES string of the molecule is CC(O)c1csc(-c2ccc(O)cc2F)n1. The van der Waals surface area contributed by atoms with Gasteiger partial charge >= 0.3 is 0 Å². The van der Waals surface area contributed by atoms with Gasteiger partial charge in [-0.25, -0.2) is 9.37 Å². The van der Waals surface area contributed by atoms with Crippen LogP contribution in [0.1, 0.15) is 18.7 Å². The predicted octanol–water partition coefficient (Wildman–Crippen LogP) is 2.71. The first-order valence-electron chi connectivity index (χ1n) is 4.70. The highest BCUT2D eigenvalue weighted by molar-refractivity contribution is 7.13. The van der Waals surface area contributed by atoms with Gasteiger partial charge in [0.2, 0.25) is 0 Å². The number of aliphatic hydroxyl groups excluding tert-OH is 1. The Balaban J connectivity index is 2.42. The summed E-state index contributed by atoms with van der Waals surface area (Å²) in [6.07, 6.45) is -0.662. The fourth-order valence-electron chi connectivity index (χ4n) is 1.28. The van der Waals surface area contributed by atoms with Gasteiger partial charge in [-0.2, -0.15) is 0 Å². The molecule has 1 aromatic carbocycles. The van der Waals surface area contributed by atoms with Crippen LogP contribution in [0.2, 0.25) is 0 Å². The molecule has 0 bridgehead atoms. The quantitative estimate of drug-likeness (QED) is 0.847. The van der Waals surface area contributed by atoms with E-state index in [4.69, 9.17) is 5.11 Å². The number of aromatic nitrogens is 1. The van der Waals surface area contributed by atoms with Gasteiger partial charge < -0.3 is 10.2 Å². The van der Waals surface area contributed by atoms with Crippen LogP contribution in [0.25, 0.3) is 10.6 Å². The molecule has 1 heterocycles. The number of benzene rings is 1. The highest BCUT2D eigenvalue weighted by Crippen LogP contribution is 2.29. The first-order valence-corrected chi connectivity index (χ1v) is 5.58. The number of halogens is 1. The highest BCUT2D eigenvalue weighted by atomic mass is 32.1. The summed E-state index contributed by atoms with van der Waals surface area (Å²) in [5, 5.41) is 20.6. The van der Waals surface area contributed by atoms with Gasteiger partial charge in [-0.05, 0) is 19.1 Å². The summed E-state index contributed by atoms with van der Waals surface area (Å²) in [6, 6.07) is 3.91. The molecule has 0 aliphatic heterocycles. The first-order chi connectivity index (χ1) is 7.58. The first kappa shape index (κ1) is 11.0. The maximum atomic E-state index is 13.5. The lowest BCUT2D eigenvalue weighted by Gasteiger charge is -2.00. The van der Waals surface area contributed by atoms with Crippen LogP contribution in [0, 0.1) is 5.82 Å². The summed E-state index contributed by atoms with van der Waals surface area (Å²) in [4.78, 5) is 4.12. The minimum Gasteiger partial charge on any atom is -0.508 e. The molecule has 2 rings (SSSR count). The van der Waals surface area contributed by atoms with Gasteiger partial charge in [-0.15, -0.1) is 11.3 Å². The molecule has 2 N–H and O–H groups in total. The molecule has 5 heteroatoms. The van der Waals surface area contributed by atoms with Crippen molar-refractivity contribution in [2.45, 2.75) is 13.0 Å². The van der Waals surface area contributed by atoms with E-state index in [-0.39, 0.29) is 5.75 Å². The molecule has 0 radical (unpaired) electrons. The number of phenolic OH excluding ortho intramolecular Hbond substituents is 1. The van der Waals surface area contributed by atoms with Gasteiger partial charge in [0, 0.05) is 17.0 Å². The molecule has 0 aliphatic rings. The number of aliphatic hydroxyl groups is 1. The van der Waals surface area contributed by atoms with Crippen LogP contribution >= 0.6 is 11.3 Å². The second kappa shape index (κ2) is 4.19. The van der Waals surface area contributed by atoms with Gasteiger partial charge in [-0.1, -0.05) is 0 Å². The highest BCUT2D eigenvalue weighted by Gasteiger charge is 2.12. The lowest BCUT2D eigenvalue weighted by Crippen LogP contribution is -1.91. The Morgan fingerprint density at radius 3 is 2.75 bits per heavy atom. The summed E-state index contributed by atoms with van der Waals surface area (Å²) in [5.41, 5.74) is 0.849. The van der Waals surface area contributed by atoms with Crippen LogP contribution in [-0.2, 0) is 0 Å². The monoisotopic (exact) mass is 239 g/mol. The molecule has 2 aromatic rings. The molecule has 3 nitrogen and oxygen atoms in total. The van der Waals surface area contributed by atoms with Crippen molar-refractivity contribution in [2.24, 2.45) is 0 Å². The van der Waals surface area contributed by atoms with E-state index < -0.39 is 11.9 Å². The zero-order valence-electron chi connectivity index (χ0n) is 8.51. The fourth-order valence-corrected chi connectivity index (χ4v) is 2.21. The van der Waals surface area contributed by atoms with Gasteiger partial charge in [0.05, 0.1) is 11.8 Å². The van der Waals surface area contributed by atoms with Crippen molar-refractivity contribution in [3.05, 3.63) is 35.1 Å². The molecule has 1 aromatic heterocycles. The van der Waals surface area contributed by atoms with Crippen molar-refractivity contribution in [3.63, 3.8) is 0 Å². The zero-order chi connectivity index (χ0) is 11.7. The van der Waals surface area contributed by atoms with Gasteiger partial charge in [0.1, 0.15) is 16.6 Å². The van der Waals surface area contributed by atoms with Crippen molar-refractivity contribution >= 4 is 11.3 Å². The average molecular weight is 239 g/mol. The Morgan fingerprint density at radius 2 is 2.19 bits per heavy atom. The predicted molar refractivity (Wildman–Crippen MR) is 59.8 cm³/mol. The summed E-state index contributed by atoms with van der Waals surface area (Å²) in [7, 11) is 0. The molecule has 1 unspecified atom stereocenters. The molecule has 0 amide bonds. The Morgan fingerprint density at radius 1 is 1.44 bits per heavy atom. The zero-order valence-corrected chi connectivity index (χ0v) is 9.33. The van der Waals surface area contributed by atoms with Gasteiger partial charge in [0.25, 0.3) is 0 Å². The number of thiazole rings is 1. The van der Waals surface area contributed by atoms with Crippen molar-refractivity contribution < 1.29 is 14.6 Å². The standard InChI is InChI=1S/C11H10FNO2S/c1-6(14)10-5-16-11(13-10)8-3-2-7(15)4-9(8)12/h2-6,14-15H,1H3. The Labute approximate surface area is 95.8 Å². The van der Waals surface area contributed by atoms with E-state index in [2.05, 4.69) is 4.98 Å². The topological polar surface area (TPSA) is 53.4 Å². The third kappa shape index (κ3) is 2.05. The van der Waals surface area contributed by atoms with Crippen molar-refractivity contribution in [2.75, 3.05) is 0 Å². The second-order valence-corrected chi connectivity index (χ2v) is 4.28. The molecular formula is C11H10FNO2S. The normalized spacial score (nSPS) is 12.7. The maximum absolute atomic E-state index is 13.5. The molecule has 0 saturated carbocycles. The van der Waals surface area contributed by atoms with Gasteiger partial charge in [0.15, 0.2) is 0 Å². The summed E-state index contributed by atoms with van der Waals surface area (Å²) >= 11 is 1.26. The molecule has 0 fully saturated rings. The molecule has 0 aliphatic carbocycles. The minimum absolute atomic E-state index is 0.117. The van der Waals surface area contributed by atoms with Crippen molar-refractivity contribution in [1.82, 2.24) is 4.98 Å². The lowest BCUT2D eigenvalue weighted by atomic mass is 10.2. The number of nitrogens with zero attached hydrogens (tertiary/aromatic N) is 1. The average Bonchev–Trinajstić information content (AvgIpc) is 2.66. The largest absolute Gasteiger partial charge is 0.508 e. The van der Waals surface area contributed by atoms with Crippen LogP contribution in [-0.4, -0.2) is 15.2 Å². The molecular weight excluding hydrogens is 229 g/mol. The van der Waals surface area contributed by atoms with E-state index in [9.17, 15) is 9.50 Å². The van der Waals surface area contributed by atoms with E-state index in [1.807, 2.05) is 0 Å². The fraction of sp³-hybridized carbons (Fsp3) is 0.182. The summed E-state index contributed by atoms with van der Waals surface area (Å²) < 4.78 is 13.5. The minimum atomic E-state index is -0.662. The molecule has 0 spiro atoms. The van der Waals surface area contributed by atoms with E-state index in [0.717, 1.165) is 6.07 Å². The maximum Gasteiger partial charge on any atom is 0.137 e. The third-order valence-corrected chi connectivity index (χ3v) is 3.03. The molecule has 84 valence electrons. The van der Waals surface area contributed by atoms with Crippen LogP contribution in [0.5, 0.6) is 5.75 Å². The third-order valence-electron chi connectivity index (χ3n) is 2.13. The smallest absolute Gasteiger partial charge is 0.137 e. The van der Waals surface area contributed by atoms with E-state index >= 15 is 0 Å². The van der Waals surface area contributed by atoms with Crippen molar-refractivity contribution in [3.8, 4) is 16.3 Å². The molecule has 16 heavy (non-hydrogen) atoms. The number of aromatic hydroxyl groups is 1. The van der Waals surface area contributed by atoms with Crippen LogP contribution < -0.4 is 0 Å². The van der Waals surface area contributed by atoms with Crippen molar-refractivity contribution in [1.29, 1.82) is 0 Å². The Hall–Kier alpha value is -1.46. The summed E-state index contributed by atoms with van der Waals surface area (Å²) in [5.74, 6) is -0.639. The molecule has 0 saturated heterocycles. The number of hydrogen-bond acceptors (Lipinski definition) is 4. The Kier molecular flexibility index (Phi) is 2.89. The van der Waals surface area contributed by atoms with E-state index in [1.54, 1.807) is 12.3 Å². The lowest BCUT2D eigenvalue weighted by molar-refractivity contribution is 0.195. The van der Waals surface area contributed by atoms with Crippen LogP contribution in [0.15, 0.2) is 23.6 Å². The number of rotatable bonds is 2. The number of phenols is 1. The van der Waals surface area contributed by atoms with E-state index in [0.29, 0.717) is 16.3 Å². The summed E-state index contributed by atoms with van der Waals surface area (Å²) in [6.45, 7) is 1.60. The molecule has 1 atom stereocenters. The number of hydrogen-bond donors (Lipinski definition) is 2. The van der Waals surface area contributed by atoms with Crippen LogP contribution in [0.3, 0.4) is 0 Å².